The van der Waals surface area contributed by atoms with Crippen LogP contribution in [0.1, 0.15) is 22.8 Å². The van der Waals surface area contributed by atoms with Crippen molar-refractivity contribution < 1.29 is 31.5 Å². The van der Waals surface area contributed by atoms with Crippen molar-refractivity contribution in [3.05, 3.63) is 53.1 Å². The molecule has 0 aliphatic carbocycles. The average Bonchev–Trinajstić information content (AvgIpc) is 2.95. The third-order valence-corrected chi connectivity index (χ3v) is 4.53. The third-order valence-electron chi connectivity index (χ3n) is 3.59. The summed E-state index contributed by atoms with van der Waals surface area (Å²) in [7, 11) is 0. The number of thiazole rings is 1. The van der Waals surface area contributed by atoms with E-state index in [0.29, 0.717) is 10.2 Å². The van der Waals surface area contributed by atoms with E-state index in [1.807, 2.05) is 0 Å². The molecule has 0 saturated heterocycles. The van der Waals surface area contributed by atoms with Gasteiger partial charge in [-0.25, -0.2) is 13.8 Å². The number of halogens is 5. The third kappa shape index (κ3) is 4.16. The minimum Gasteiger partial charge on any atom is -0.406 e. The molecule has 0 radical (unpaired) electrons. The van der Waals surface area contributed by atoms with Gasteiger partial charge in [-0.3, -0.25) is 10.1 Å². The number of alkyl halides is 3. The van der Waals surface area contributed by atoms with Gasteiger partial charge in [0.15, 0.2) is 5.13 Å². The number of carbonyl (C=O) groups is 1. The molecule has 0 atom stereocenters. The van der Waals surface area contributed by atoms with E-state index in [0.717, 1.165) is 29.5 Å². The summed E-state index contributed by atoms with van der Waals surface area (Å²) in [5.41, 5.74) is -0.262. The number of hydrogen-bond donors (Lipinski definition) is 1. The Morgan fingerprint density at radius 2 is 1.96 bits per heavy atom. The minimum atomic E-state index is -4.84. The van der Waals surface area contributed by atoms with Crippen molar-refractivity contribution in [1.29, 1.82) is 0 Å². The lowest BCUT2D eigenvalue weighted by Gasteiger charge is -2.07. The molecule has 142 valence electrons. The molecule has 1 aromatic heterocycles. The van der Waals surface area contributed by atoms with Gasteiger partial charge in [-0.1, -0.05) is 24.3 Å². The SMILES string of the molecule is CCc1ccc(F)c(C(=O)Nc2nc3ccc(OC(F)(F)F)cc3s2)c1F. The van der Waals surface area contributed by atoms with Crippen LogP contribution in [0.2, 0.25) is 0 Å². The summed E-state index contributed by atoms with van der Waals surface area (Å²) in [5.74, 6) is -3.46. The number of fused-ring (bicyclic) bond motifs is 1. The number of amides is 1. The molecule has 3 rings (SSSR count). The first-order chi connectivity index (χ1) is 12.7. The number of nitrogens with zero attached hydrogens (tertiary/aromatic N) is 1. The Morgan fingerprint density at radius 1 is 1.22 bits per heavy atom. The zero-order valence-corrected chi connectivity index (χ0v) is 14.5. The monoisotopic (exact) mass is 402 g/mol. The van der Waals surface area contributed by atoms with Crippen molar-refractivity contribution >= 4 is 32.6 Å². The average molecular weight is 402 g/mol. The van der Waals surface area contributed by atoms with Crippen LogP contribution in [-0.4, -0.2) is 17.3 Å². The number of benzene rings is 2. The molecular weight excluding hydrogens is 391 g/mol. The van der Waals surface area contributed by atoms with E-state index in [1.165, 1.54) is 12.1 Å². The number of anilines is 1. The number of nitrogens with one attached hydrogen (secondary N) is 1. The van der Waals surface area contributed by atoms with Gasteiger partial charge in [0.1, 0.15) is 22.9 Å². The normalized spacial score (nSPS) is 11.6. The molecule has 10 heteroatoms. The number of aromatic nitrogens is 1. The van der Waals surface area contributed by atoms with Crippen molar-refractivity contribution in [2.45, 2.75) is 19.7 Å². The second-order valence-corrected chi connectivity index (χ2v) is 6.43. The lowest BCUT2D eigenvalue weighted by Crippen LogP contribution is -2.16. The fourth-order valence-electron chi connectivity index (χ4n) is 2.39. The largest absolute Gasteiger partial charge is 0.573 e. The lowest BCUT2D eigenvalue weighted by atomic mass is 10.1. The van der Waals surface area contributed by atoms with Gasteiger partial charge < -0.3 is 4.74 Å². The van der Waals surface area contributed by atoms with Crippen LogP contribution in [0.3, 0.4) is 0 Å². The van der Waals surface area contributed by atoms with E-state index in [9.17, 15) is 26.7 Å². The van der Waals surface area contributed by atoms with Crippen molar-refractivity contribution in [2.75, 3.05) is 5.32 Å². The van der Waals surface area contributed by atoms with E-state index in [-0.39, 0.29) is 17.1 Å². The molecule has 0 aliphatic rings. The van der Waals surface area contributed by atoms with Crippen molar-refractivity contribution in [2.24, 2.45) is 0 Å². The standard InChI is InChI=1S/C17H11F5N2O2S/c1-2-8-3-5-10(18)13(14(8)19)15(25)24-16-23-11-6-4-9(7-12(11)27-16)26-17(20,21)22/h3-7H,2H2,1H3,(H,23,24,25). The lowest BCUT2D eigenvalue weighted by molar-refractivity contribution is -0.274. The number of hydrogen-bond acceptors (Lipinski definition) is 4. The fourth-order valence-corrected chi connectivity index (χ4v) is 3.28. The molecule has 1 N–H and O–H groups in total. The highest BCUT2D eigenvalue weighted by molar-refractivity contribution is 7.22. The molecule has 0 spiro atoms. The highest BCUT2D eigenvalue weighted by Crippen LogP contribution is 2.32. The predicted octanol–water partition coefficient (Wildman–Crippen LogP) is 5.29. The highest BCUT2D eigenvalue weighted by Gasteiger charge is 2.31. The van der Waals surface area contributed by atoms with E-state index in [1.54, 1.807) is 6.92 Å². The van der Waals surface area contributed by atoms with Gasteiger partial charge in [0.2, 0.25) is 0 Å². The zero-order valence-electron chi connectivity index (χ0n) is 13.7. The maximum atomic E-state index is 14.3. The number of ether oxygens (including phenoxy) is 1. The van der Waals surface area contributed by atoms with Crippen LogP contribution >= 0.6 is 11.3 Å². The Kier molecular flexibility index (Phi) is 5.01. The van der Waals surface area contributed by atoms with Gasteiger partial charge in [0, 0.05) is 6.07 Å². The van der Waals surface area contributed by atoms with E-state index in [2.05, 4.69) is 15.0 Å². The summed E-state index contributed by atoms with van der Waals surface area (Å²) in [5, 5.41) is 2.26. The molecule has 0 fully saturated rings. The van der Waals surface area contributed by atoms with Gasteiger partial charge in [0.05, 0.1) is 10.2 Å². The topological polar surface area (TPSA) is 51.2 Å². The van der Waals surface area contributed by atoms with Crippen LogP contribution < -0.4 is 10.1 Å². The molecule has 2 aromatic carbocycles. The molecule has 0 unspecified atom stereocenters. The van der Waals surface area contributed by atoms with Crippen LogP contribution in [0.5, 0.6) is 5.75 Å². The second kappa shape index (κ2) is 7.10. The molecule has 0 aliphatic heterocycles. The van der Waals surface area contributed by atoms with Crippen molar-refractivity contribution in [3.63, 3.8) is 0 Å². The second-order valence-electron chi connectivity index (χ2n) is 5.40. The minimum absolute atomic E-state index is 0.0140. The summed E-state index contributed by atoms with van der Waals surface area (Å²) in [6.07, 6.45) is -4.57. The summed E-state index contributed by atoms with van der Waals surface area (Å²) in [6, 6.07) is 5.71. The Bertz CT molecular complexity index is 1020. The Hall–Kier alpha value is -2.75. The van der Waals surface area contributed by atoms with Gasteiger partial charge in [-0.2, -0.15) is 0 Å². The van der Waals surface area contributed by atoms with Gasteiger partial charge in [-0.15, -0.1) is 13.2 Å². The molecule has 1 amide bonds. The quantitative estimate of drug-likeness (QED) is 0.604. The molecule has 1 heterocycles. The molecule has 0 saturated carbocycles. The van der Waals surface area contributed by atoms with Crippen LogP contribution in [0, 0.1) is 11.6 Å². The number of carbonyl (C=O) groups excluding carboxylic acids is 1. The Balaban J connectivity index is 1.88. The summed E-state index contributed by atoms with van der Waals surface area (Å²) >= 11 is 0.847. The number of rotatable bonds is 4. The first kappa shape index (κ1) is 19.0. The van der Waals surface area contributed by atoms with Crippen LogP contribution in [0.15, 0.2) is 30.3 Å². The predicted molar refractivity (Wildman–Crippen MR) is 90.0 cm³/mol. The Morgan fingerprint density at radius 3 is 2.63 bits per heavy atom. The van der Waals surface area contributed by atoms with E-state index >= 15 is 0 Å². The smallest absolute Gasteiger partial charge is 0.406 e. The van der Waals surface area contributed by atoms with Crippen LogP contribution in [0.25, 0.3) is 10.2 Å². The van der Waals surface area contributed by atoms with Gasteiger partial charge in [0.25, 0.3) is 5.91 Å². The van der Waals surface area contributed by atoms with Gasteiger partial charge >= 0.3 is 6.36 Å². The van der Waals surface area contributed by atoms with Gasteiger partial charge in [-0.05, 0) is 30.2 Å². The van der Waals surface area contributed by atoms with E-state index in [4.69, 9.17) is 0 Å². The Labute approximate surface area is 153 Å². The van der Waals surface area contributed by atoms with Crippen molar-refractivity contribution in [1.82, 2.24) is 4.98 Å². The summed E-state index contributed by atoms with van der Waals surface area (Å²) < 4.78 is 69.1. The maximum absolute atomic E-state index is 14.3. The summed E-state index contributed by atoms with van der Waals surface area (Å²) in [6.45, 7) is 1.66. The molecule has 27 heavy (non-hydrogen) atoms. The number of aryl methyl sites for hydroxylation is 1. The molecular formula is C17H11F5N2O2S. The zero-order chi connectivity index (χ0) is 19.8. The molecule has 0 bridgehead atoms. The molecule has 4 nitrogen and oxygen atoms in total. The highest BCUT2D eigenvalue weighted by atomic mass is 32.1. The molecule has 3 aromatic rings. The first-order valence-corrected chi connectivity index (χ1v) is 8.44. The summed E-state index contributed by atoms with van der Waals surface area (Å²) in [4.78, 5) is 16.3. The van der Waals surface area contributed by atoms with Crippen LogP contribution in [0.4, 0.5) is 27.1 Å². The van der Waals surface area contributed by atoms with Crippen LogP contribution in [-0.2, 0) is 6.42 Å². The van der Waals surface area contributed by atoms with Crippen molar-refractivity contribution in [3.8, 4) is 5.75 Å². The first-order valence-electron chi connectivity index (χ1n) is 7.62. The van der Waals surface area contributed by atoms with E-state index < -0.39 is 35.2 Å². The maximum Gasteiger partial charge on any atom is 0.573 e. The fraction of sp³-hybridized carbons (Fsp3) is 0.176.